The Hall–Kier alpha value is -4.13. The summed E-state index contributed by atoms with van der Waals surface area (Å²) in [5, 5.41) is 19.5. The Morgan fingerprint density at radius 3 is 2.63 bits per heavy atom. The Morgan fingerprint density at radius 1 is 1.13 bits per heavy atom. The van der Waals surface area contributed by atoms with Gasteiger partial charge in [0.05, 0.1) is 45.2 Å². The molecule has 4 N–H and O–H groups in total. The minimum atomic E-state index is -1.06. The van der Waals surface area contributed by atoms with E-state index in [0.29, 0.717) is 47.5 Å². The number of halogens is 2. The molecule has 2 aromatic carbocycles. The maximum absolute atomic E-state index is 14.9. The minimum absolute atomic E-state index is 0.0505. The van der Waals surface area contributed by atoms with Crippen molar-refractivity contribution in [2.45, 2.75) is 26.2 Å². The van der Waals surface area contributed by atoms with Crippen LogP contribution in [0.25, 0.3) is 16.9 Å². The third-order valence-corrected chi connectivity index (χ3v) is 9.62. The zero-order valence-corrected chi connectivity index (χ0v) is 26.4. The first-order valence-electron chi connectivity index (χ1n) is 16.0. The summed E-state index contributed by atoms with van der Waals surface area (Å²) >= 11 is 0. The second-order valence-electron chi connectivity index (χ2n) is 12.5. The quantitative estimate of drug-likeness (QED) is 0.173. The van der Waals surface area contributed by atoms with Gasteiger partial charge in [0, 0.05) is 67.6 Å². The predicted octanol–water partition coefficient (Wildman–Crippen LogP) is 4.16. The number of rotatable bonds is 12. The SMILES string of the molecule is CCc1cc(Nc2nccn3c(-c4ccc(OC)c(F)c4F)cnc23)ccc1C(=O)NCC1CC[N+](CCO)(CC2CNC2)CC1. The first-order chi connectivity index (χ1) is 22.3. The first-order valence-corrected chi connectivity index (χ1v) is 16.0. The van der Waals surface area contributed by atoms with Crippen molar-refractivity contribution in [3.8, 4) is 17.0 Å². The number of nitrogens with zero attached hydrogens (tertiary/aromatic N) is 4. The van der Waals surface area contributed by atoms with Gasteiger partial charge in [-0.25, -0.2) is 14.4 Å². The van der Waals surface area contributed by atoms with Crippen molar-refractivity contribution < 1.29 is 27.9 Å². The monoisotopic (exact) mass is 634 g/mol. The largest absolute Gasteiger partial charge is 0.494 e. The summed E-state index contributed by atoms with van der Waals surface area (Å²) < 4.78 is 36.8. The molecule has 0 spiro atoms. The van der Waals surface area contributed by atoms with Crippen LogP contribution in [-0.2, 0) is 6.42 Å². The van der Waals surface area contributed by atoms with Crippen LogP contribution in [0.1, 0.15) is 35.7 Å². The van der Waals surface area contributed by atoms with E-state index < -0.39 is 11.6 Å². The number of nitrogens with one attached hydrogen (secondary N) is 3. The van der Waals surface area contributed by atoms with Gasteiger partial charge in [0.2, 0.25) is 5.82 Å². The highest BCUT2D eigenvalue weighted by Gasteiger charge is 2.37. The molecule has 2 aliphatic heterocycles. The Bertz CT molecular complexity index is 1700. The number of quaternary nitrogens is 1. The number of aromatic nitrogens is 3. The number of benzene rings is 2. The number of hydrogen-bond donors (Lipinski definition) is 4. The lowest BCUT2D eigenvalue weighted by Crippen LogP contribution is -2.61. The van der Waals surface area contributed by atoms with Crippen LogP contribution >= 0.6 is 0 Å². The fourth-order valence-corrected chi connectivity index (χ4v) is 6.86. The molecule has 0 radical (unpaired) electrons. The predicted molar refractivity (Wildman–Crippen MR) is 172 cm³/mol. The molecule has 0 atom stereocenters. The van der Waals surface area contributed by atoms with Gasteiger partial charge in [-0.3, -0.25) is 9.20 Å². The topological polar surface area (TPSA) is 113 Å². The number of carbonyl (C=O) groups excluding carboxylic acids is 1. The van der Waals surface area contributed by atoms with E-state index in [4.69, 9.17) is 4.74 Å². The summed E-state index contributed by atoms with van der Waals surface area (Å²) in [6.45, 7) is 9.03. The number of aliphatic hydroxyl groups excluding tert-OH is 1. The van der Waals surface area contributed by atoms with E-state index in [1.54, 1.807) is 16.8 Å². The van der Waals surface area contributed by atoms with E-state index in [2.05, 4.69) is 25.9 Å². The summed E-state index contributed by atoms with van der Waals surface area (Å²) in [5.74, 6) is -0.783. The van der Waals surface area contributed by atoms with Gasteiger partial charge in [-0.05, 0) is 48.2 Å². The van der Waals surface area contributed by atoms with Crippen LogP contribution in [0.5, 0.6) is 5.75 Å². The fourth-order valence-electron chi connectivity index (χ4n) is 6.86. The molecule has 2 fully saturated rings. The van der Waals surface area contributed by atoms with Gasteiger partial charge < -0.3 is 30.3 Å². The number of likely N-dealkylation sites (tertiary alicyclic amines) is 1. The van der Waals surface area contributed by atoms with E-state index in [1.807, 2.05) is 25.1 Å². The minimum Gasteiger partial charge on any atom is -0.494 e. The smallest absolute Gasteiger partial charge is 0.251 e. The molecule has 10 nitrogen and oxygen atoms in total. The van der Waals surface area contributed by atoms with E-state index in [-0.39, 0.29) is 23.8 Å². The zero-order chi connectivity index (χ0) is 32.3. The maximum atomic E-state index is 14.9. The van der Waals surface area contributed by atoms with Crippen LogP contribution in [0.3, 0.4) is 0 Å². The Labute approximate surface area is 267 Å². The van der Waals surface area contributed by atoms with E-state index in [9.17, 15) is 18.7 Å². The van der Waals surface area contributed by atoms with Gasteiger partial charge in [0.15, 0.2) is 23.0 Å². The summed E-state index contributed by atoms with van der Waals surface area (Å²) in [7, 11) is 1.29. The second kappa shape index (κ2) is 13.7. The number of carbonyl (C=O) groups is 1. The molecule has 4 aromatic rings. The average Bonchev–Trinajstić information content (AvgIpc) is 3.49. The molecule has 0 unspecified atom stereocenters. The number of imidazole rings is 1. The lowest BCUT2D eigenvalue weighted by atomic mass is 9.91. The van der Waals surface area contributed by atoms with Crippen molar-refractivity contribution in [1.82, 2.24) is 25.0 Å². The second-order valence-corrected chi connectivity index (χ2v) is 12.5. The number of methoxy groups -OCH3 is 1. The van der Waals surface area contributed by atoms with Crippen LogP contribution in [-0.4, -0.2) is 89.4 Å². The summed E-state index contributed by atoms with van der Waals surface area (Å²) in [4.78, 5) is 22.2. The van der Waals surface area contributed by atoms with E-state index in [0.717, 1.165) is 67.8 Å². The number of anilines is 2. The molecule has 12 heteroatoms. The first kappa shape index (κ1) is 31.8. The van der Waals surface area contributed by atoms with Crippen LogP contribution in [0.2, 0.25) is 0 Å². The van der Waals surface area contributed by atoms with Crippen LogP contribution in [0, 0.1) is 23.5 Å². The van der Waals surface area contributed by atoms with Crippen molar-refractivity contribution in [2.75, 3.05) is 64.8 Å². The maximum Gasteiger partial charge on any atom is 0.251 e. The van der Waals surface area contributed by atoms with Crippen LogP contribution < -0.4 is 20.7 Å². The molecule has 0 saturated carbocycles. The molecule has 0 bridgehead atoms. The zero-order valence-electron chi connectivity index (χ0n) is 26.4. The highest BCUT2D eigenvalue weighted by molar-refractivity contribution is 5.96. The Balaban J connectivity index is 1.11. The van der Waals surface area contributed by atoms with Crippen molar-refractivity contribution in [3.63, 3.8) is 0 Å². The van der Waals surface area contributed by atoms with Crippen LogP contribution in [0.4, 0.5) is 20.3 Å². The van der Waals surface area contributed by atoms with Gasteiger partial charge in [0.25, 0.3) is 5.91 Å². The molecule has 2 aromatic heterocycles. The standard InChI is InChI=1S/C34H41F2N7O3/c1-3-24-16-25(41-32-33-39-20-28(42(33)11-10-38-32)27-6-7-29(46-2)31(36)30(27)35)4-5-26(24)34(45)40-19-22-8-12-43(13-9-22,14-15-44)21-23-17-37-18-23/h4-7,10-11,16,20,22-23,37,44H,3,8-9,12-15,17-19,21H2,1-2H3,(H-,38,40,41,45)/p+1. The molecule has 2 saturated heterocycles. The molecule has 4 heterocycles. The molecular weight excluding hydrogens is 592 g/mol. The van der Waals surface area contributed by atoms with Crippen molar-refractivity contribution >= 4 is 23.1 Å². The third kappa shape index (κ3) is 6.42. The highest BCUT2D eigenvalue weighted by atomic mass is 19.2. The number of hydrogen-bond acceptors (Lipinski definition) is 7. The van der Waals surface area contributed by atoms with Gasteiger partial charge in [-0.1, -0.05) is 6.92 Å². The number of fused-ring (bicyclic) bond motifs is 1. The molecule has 2 aliphatic rings. The van der Waals surface area contributed by atoms with Gasteiger partial charge in [-0.2, -0.15) is 4.39 Å². The number of piperidine rings is 1. The summed E-state index contributed by atoms with van der Waals surface area (Å²) in [6, 6.07) is 8.42. The van der Waals surface area contributed by atoms with E-state index >= 15 is 0 Å². The fraction of sp³-hybridized carbons (Fsp3) is 0.441. The molecule has 0 aliphatic carbocycles. The van der Waals surface area contributed by atoms with Crippen molar-refractivity contribution in [2.24, 2.45) is 11.8 Å². The van der Waals surface area contributed by atoms with Gasteiger partial charge in [-0.15, -0.1) is 0 Å². The molecule has 244 valence electrons. The molecule has 1 amide bonds. The van der Waals surface area contributed by atoms with Crippen molar-refractivity contribution in [1.29, 1.82) is 0 Å². The lowest BCUT2D eigenvalue weighted by Gasteiger charge is -2.47. The third-order valence-electron chi connectivity index (χ3n) is 9.62. The number of ether oxygens (including phenoxy) is 1. The molecule has 46 heavy (non-hydrogen) atoms. The average molecular weight is 635 g/mol. The van der Waals surface area contributed by atoms with Crippen LogP contribution in [0.15, 0.2) is 48.9 Å². The Morgan fingerprint density at radius 2 is 1.93 bits per heavy atom. The summed E-state index contributed by atoms with van der Waals surface area (Å²) in [5.41, 5.74) is 3.12. The highest BCUT2D eigenvalue weighted by Crippen LogP contribution is 2.32. The number of aryl methyl sites for hydroxylation is 1. The molecular formula is C34H42F2N7O3+. The number of amides is 1. The summed E-state index contributed by atoms with van der Waals surface area (Å²) in [6.07, 6.45) is 7.41. The lowest BCUT2D eigenvalue weighted by molar-refractivity contribution is -0.937. The Kier molecular flexibility index (Phi) is 9.48. The number of aliphatic hydroxyl groups is 1. The van der Waals surface area contributed by atoms with Crippen molar-refractivity contribution in [3.05, 3.63) is 71.7 Å². The van der Waals surface area contributed by atoms with Gasteiger partial charge in [0.1, 0.15) is 6.54 Å². The van der Waals surface area contributed by atoms with Gasteiger partial charge >= 0.3 is 0 Å². The normalized spacial score (nSPS) is 20.0. The van der Waals surface area contributed by atoms with E-state index in [1.165, 1.54) is 25.4 Å². The molecule has 6 rings (SSSR count).